The predicted octanol–water partition coefficient (Wildman–Crippen LogP) is 2.48. The zero-order valence-electron chi connectivity index (χ0n) is 14.7. The summed E-state index contributed by atoms with van der Waals surface area (Å²) in [6, 6.07) is 1.80. The fraction of sp³-hybridized carbons (Fsp3) is 0.722. The summed E-state index contributed by atoms with van der Waals surface area (Å²) in [5.74, 6) is 0.421. The third-order valence-electron chi connectivity index (χ3n) is 4.96. The molecule has 2 heterocycles. The summed E-state index contributed by atoms with van der Waals surface area (Å²) in [4.78, 5) is 20.9. The second-order valence-corrected chi connectivity index (χ2v) is 7.63. The zero-order chi connectivity index (χ0) is 17.2. The van der Waals surface area contributed by atoms with Gasteiger partial charge in [0.05, 0.1) is 18.2 Å². The molecule has 2 aliphatic rings. The van der Waals surface area contributed by atoms with E-state index in [2.05, 4.69) is 29.1 Å². The minimum atomic E-state index is -0.185. The summed E-state index contributed by atoms with van der Waals surface area (Å²) in [6.45, 7) is 4.81. The average molecular weight is 332 g/mol. The molecule has 0 radical (unpaired) electrons. The number of nitrogens with one attached hydrogen (secondary N) is 1. The number of nitrogens with zero attached hydrogens (tertiary/aromatic N) is 2. The van der Waals surface area contributed by atoms with Crippen molar-refractivity contribution >= 4 is 11.9 Å². The van der Waals surface area contributed by atoms with Crippen molar-refractivity contribution in [2.24, 2.45) is 5.92 Å². The lowest BCUT2D eigenvalue weighted by Gasteiger charge is -2.32. The van der Waals surface area contributed by atoms with Gasteiger partial charge < -0.3 is 15.8 Å². The summed E-state index contributed by atoms with van der Waals surface area (Å²) in [7, 11) is 0. The molecule has 6 heteroatoms. The highest BCUT2D eigenvalue weighted by molar-refractivity contribution is 5.92. The van der Waals surface area contributed by atoms with Crippen LogP contribution < -0.4 is 11.1 Å². The van der Waals surface area contributed by atoms with Crippen molar-refractivity contribution in [2.45, 2.75) is 70.4 Å². The highest BCUT2D eigenvalue weighted by Gasteiger charge is 2.41. The van der Waals surface area contributed by atoms with E-state index in [4.69, 9.17) is 10.5 Å². The minimum absolute atomic E-state index is 0.0102. The van der Waals surface area contributed by atoms with Crippen LogP contribution in [0.4, 0.5) is 5.95 Å². The van der Waals surface area contributed by atoms with Crippen molar-refractivity contribution in [1.29, 1.82) is 0 Å². The fourth-order valence-electron chi connectivity index (χ4n) is 3.90. The molecule has 0 bridgehead atoms. The van der Waals surface area contributed by atoms with Crippen LogP contribution in [0.25, 0.3) is 0 Å². The van der Waals surface area contributed by atoms with Gasteiger partial charge in [-0.2, -0.15) is 0 Å². The molecule has 0 unspecified atom stereocenters. The number of hydrogen-bond donors (Lipinski definition) is 2. The summed E-state index contributed by atoms with van der Waals surface area (Å²) in [6.07, 6.45) is 7.64. The summed E-state index contributed by atoms with van der Waals surface area (Å²) in [5, 5.41) is 3.06. The fourth-order valence-corrected chi connectivity index (χ4v) is 3.90. The van der Waals surface area contributed by atoms with Crippen LogP contribution in [0.1, 0.15) is 68.6 Å². The first-order chi connectivity index (χ1) is 11.5. The smallest absolute Gasteiger partial charge is 0.270 e. The van der Waals surface area contributed by atoms with Gasteiger partial charge in [0.2, 0.25) is 5.95 Å². The zero-order valence-corrected chi connectivity index (χ0v) is 14.7. The Morgan fingerprint density at radius 2 is 2.12 bits per heavy atom. The van der Waals surface area contributed by atoms with Gasteiger partial charge in [0.1, 0.15) is 5.69 Å². The van der Waals surface area contributed by atoms with Crippen molar-refractivity contribution in [3.8, 4) is 0 Å². The van der Waals surface area contributed by atoms with Crippen molar-refractivity contribution in [3.63, 3.8) is 0 Å². The number of nitrogen functional groups attached to an aromatic ring is 1. The number of carbonyl (C=O) groups is 1. The maximum absolute atomic E-state index is 12.5. The molecule has 2 fully saturated rings. The van der Waals surface area contributed by atoms with Gasteiger partial charge in [-0.05, 0) is 37.7 Å². The highest BCUT2D eigenvalue weighted by Crippen LogP contribution is 2.39. The van der Waals surface area contributed by atoms with E-state index in [1.807, 2.05) is 0 Å². The van der Waals surface area contributed by atoms with Gasteiger partial charge in [0, 0.05) is 5.69 Å². The summed E-state index contributed by atoms with van der Waals surface area (Å²) >= 11 is 0. The lowest BCUT2D eigenvalue weighted by atomic mass is 9.82. The Bertz CT molecular complexity index is 597. The maximum Gasteiger partial charge on any atom is 0.270 e. The summed E-state index contributed by atoms with van der Waals surface area (Å²) in [5.41, 5.74) is 6.92. The first-order valence-corrected chi connectivity index (χ1v) is 9.04. The molecule has 24 heavy (non-hydrogen) atoms. The molecule has 1 atom stereocenters. The number of nitrogens with two attached hydrogens (primary N) is 1. The molecular formula is C18H28N4O2. The molecule has 3 rings (SSSR count). The van der Waals surface area contributed by atoms with E-state index in [9.17, 15) is 4.79 Å². The van der Waals surface area contributed by atoms with Crippen LogP contribution in [0.5, 0.6) is 0 Å². The van der Waals surface area contributed by atoms with Crippen molar-refractivity contribution in [3.05, 3.63) is 17.5 Å². The number of amides is 1. The third kappa shape index (κ3) is 4.04. The van der Waals surface area contributed by atoms with Crippen LogP contribution in [-0.4, -0.2) is 34.1 Å². The summed E-state index contributed by atoms with van der Waals surface area (Å²) < 4.78 is 6.06. The Hall–Kier alpha value is -1.69. The molecule has 1 amide bonds. The Morgan fingerprint density at radius 3 is 2.83 bits per heavy atom. The van der Waals surface area contributed by atoms with Gasteiger partial charge in [-0.1, -0.05) is 33.1 Å². The van der Waals surface area contributed by atoms with E-state index in [1.54, 1.807) is 6.07 Å². The molecule has 1 spiro atoms. The molecule has 1 saturated carbocycles. The normalized spacial score (nSPS) is 22.9. The van der Waals surface area contributed by atoms with E-state index in [1.165, 1.54) is 19.3 Å². The molecule has 132 valence electrons. The van der Waals surface area contributed by atoms with Crippen molar-refractivity contribution < 1.29 is 9.53 Å². The number of carbonyl (C=O) groups excluding carboxylic acids is 1. The molecule has 1 aromatic rings. The van der Waals surface area contributed by atoms with Gasteiger partial charge in [-0.25, -0.2) is 9.97 Å². The van der Waals surface area contributed by atoms with Gasteiger partial charge >= 0.3 is 0 Å². The number of aromatic nitrogens is 2. The maximum atomic E-state index is 12.5. The van der Waals surface area contributed by atoms with Crippen LogP contribution in [-0.2, 0) is 11.2 Å². The van der Waals surface area contributed by atoms with Crippen molar-refractivity contribution in [2.75, 3.05) is 12.3 Å². The largest absolute Gasteiger partial charge is 0.373 e. The van der Waals surface area contributed by atoms with E-state index in [0.717, 1.165) is 31.4 Å². The van der Waals surface area contributed by atoms with Gasteiger partial charge in [-0.15, -0.1) is 0 Å². The number of rotatable bonds is 4. The van der Waals surface area contributed by atoms with Crippen LogP contribution in [0.3, 0.4) is 0 Å². The van der Waals surface area contributed by atoms with Crippen molar-refractivity contribution in [1.82, 2.24) is 15.3 Å². The van der Waals surface area contributed by atoms with E-state index in [0.29, 0.717) is 18.2 Å². The second kappa shape index (κ2) is 7.05. The molecular weight excluding hydrogens is 304 g/mol. The predicted molar refractivity (Wildman–Crippen MR) is 92.6 cm³/mol. The first kappa shape index (κ1) is 17.1. The molecule has 0 aromatic carbocycles. The molecule has 1 aliphatic carbocycles. The van der Waals surface area contributed by atoms with Crippen LogP contribution >= 0.6 is 0 Å². The SMILES string of the molecule is CC(C)Cc1cc(C(=O)N[C@@H]2COC3(CCCCC3)C2)nc(N)n1. The number of anilines is 1. The lowest BCUT2D eigenvalue weighted by molar-refractivity contribution is -0.0246. The number of ether oxygens (including phenoxy) is 1. The first-order valence-electron chi connectivity index (χ1n) is 9.04. The van der Waals surface area contributed by atoms with E-state index < -0.39 is 0 Å². The van der Waals surface area contributed by atoms with Crippen LogP contribution in [0.2, 0.25) is 0 Å². The van der Waals surface area contributed by atoms with Gasteiger partial charge in [0.25, 0.3) is 5.91 Å². The molecule has 1 aliphatic heterocycles. The minimum Gasteiger partial charge on any atom is -0.373 e. The Labute approximate surface area is 143 Å². The van der Waals surface area contributed by atoms with Crippen LogP contribution in [0.15, 0.2) is 6.07 Å². The third-order valence-corrected chi connectivity index (χ3v) is 4.96. The Kier molecular flexibility index (Phi) is 5.04. The van der Waals surface area contributed by atoms with Gasteiger partial charge in [0.15, 0.2) is 0 Å². The highest BCUT2D eigenvalue weighted by atomic mass is 16.5. The molecule has 1 saturated heterocycles. The second-order valence-electron chi connectivity index (χ2n) is 7.63. The van der Waals surface area contributed by atoms with Gasteiger partial charge in [-0.3, -0.25) is 4.79 Å². The molecule has 3 N–H and O–H groups in total. The quantitative estimate of drug-likeness (QED) is 0.884. The standard InChI is InChI=1S/C18H28N4O2/c1-12(2)8-13-9-15(22-17(19)21-13)16(23)20-14-10-18(24-11-14)6-4-3-5-7-18/h9,12,14H,3-8,10-11H2,1-2H3,(H,20,23)(H2,19,21,22)/t14-/m0/s1. The Balaban J connectivity index is 1.64. The van der Waals surface area contributed by atoms with E-state index in [-0.39, 0.29) is 23.5 Å². The average Bonchev–Trinajstić information content (AvgIpc) is 2.89. The topological polar surface area (TPSA) is 90.1 Å². The lowest BCUT2D eigenvalue weighted by Crippen LogP contribution is -2.38. The molecule has 1 aromatic heterocycles. The Morgan fingerprint density at radius 1 is 1.38 bits per heavy atom. The van der Waals surface area contributed by atoms with E-state index >= 15 is 0 Å². The van der Waals surface area contributed by atoms with Crippen LogP contribution in [0, 0.1) is 5.92 Å². The molecule has 6 nitrogen and oxygen atoms in total. The number of hydrogen-bond acceptors (Lipinski definition) is 5. The monoisotopic (exact) mass is 332 g/mol.